The van der Waals surface area contributed by atoms with Gasteiger partial charge in [0.1, 0.15) is 11.5 Å². The van der Waals surface area contributed by atoms with E-state index in [0.29, 0.717) is 22.6 Å². The van der Waals surface area contributed by atoms with Crippen LogP contribution < -0.4 is 4.74 Å². The Hall–Kier alpha value is -5.51. The topological polar surface area (TPSA) is 69.9 Å². The lowest BCUT2D eigenvalue weighted by Crippen LogP contribution is -2.34. The van der Waals surface area contributed by atoms with E-state index >= 15 is 0 Å². The minimum absolute atomic E-state index is 0.0660. The Balaban J connectivity index is 1.52. The van der Waals surface area contributed by atoms with Crippen molar-refractivity contribution in [3.8, 4) is 5.75 Å². The number of ketones is 1. The number of halogens is 4. The first-order chi connectivity index (χ1) is 25.5. The number of para-hydroxylation sites is 1. The molecule has 5 aromatic carbocycles. The van der Waals surface area contributed by atoms with Crippen molar-refractivity contribution < 1.29 is 36.7 Å². The molecule has 1 atom stereocenters. The lowest BCUT2D eigenvalue weighted by atomic mass is 9.95. The number of hydrogen-bond acceptors (Lipinski definition) is 5. The predicted octanol–water partition coefficient (Wildman–Crippen LogP) is 11.0. The molecule has 1 aromatic heterocycles. The molecular formula is C43H40F4N2O4. The van der Waals surface area contributed by atoms with E-state index in [0.717, 1.165) is 64.8 Å². The van der Waals surface area contributed by atoms with Crippen LogP contribution in [0.25, 0.3) is 32.6 Å². The number of fused-ring (bicyclic) bond motifs is 4. The van der Waals surface area contributed by atoms with Crippen molar-refractivity contribution in [2.45, 2.75) is 65.3 Å². The summed E-state index contributed by atoms with van der Waals surface area (Å²) >= 11 is 0. The van der Waals surface area contributed by atoms with Crippen molar-refractivity contribution in [1.29, 1.82) is 0 Å². The Kier molecular flexibility index (Phi) is 11.3. The highest BCUT2D eigenvalue weighted by Crippen LogP contribution is 2.35. The van der Waals surface area contributed by atoms with E-state index in [-0.39, 0.29) is 22.8 Å². The van der Waals surface area contributed by atoms with E-state index in [1.807, 2.05) is 72.8 Å². The van der Waals surface area contributed by atoms with Crippen molar-refractivity contribution in [2.75, 3.05) is 6.61 Å². The minimum Gasteiger partial charge on any atom is -0.486 e. The molecule has 0 aliphatic carbocycles. The molecule has 0 saturated carbocycles. The maximum atomic E-state index is 14.1. The quantitative estimate of drug-likeness (QED) is 0.0348. The highest BCUT2D eigenvalue weighted by atomic mass is 19.3. The third kappa shape index (κ3) is 7.96. The first-order valence-corrected chi connectivity index (χ1v) is 17.7. The minimum atomic E-state index is -4.39. The van der Waals surface area contributed by atoms with Crippen molar-refractivity contribution in [2.24, 2.45) is 11.1 Å². The van der Waals surface area contributed by atoms with Crippen LogP contribution >= 0.6 is 0 Å². The van der Waals surface area contributed by atoms with Crippen LogP contribution in [0.4, 0.5) is 17.6 Å². The summed E-state index contributed by atoms with van der Waals surface area (Å²) in [4.78, 5) is 31.1. The van der Waals surface area contributed by atoms with Crippen LogP contribution in [-0.4, -0.2) is 41.0 Å². The molecule has 0 amide bonds. The van der Waals surface area contributed by atoms with Crippen LogP contribution in [-0.2, 0) is 16.2 Å². The Morgan fingerprint density at radius 3 is 2.13 bits per heavy atom. The summed E-state index contributed by atoms with van der Waals surface area (Å²) in [6.45, 7) is 4.70. The first kappa shape index (κ1) is 37.3. The number of alkyl halides is 4. The second-order valence-electron chi connectivity index (χ2n) is 13.2. The first-order valence-electron chi connectivity index (χ1n) is 17.7. The smallest absolute Gasteiger partial charge is 0.340 e. The fourth-order valence-electron chi connectivity index (χ4n) is 6.74. The number of carbonyl (C=O) groups excluding carboxylic acids is 2. The van der Waals surface area contributed by atoms with E-state index in [1.54, 1.807) is 12.1 Å². The predicted molar refractivity (Wildman–Crippen MR) is 200 cm³/mol. The van der Waals surface area contributed by atoms with Crippen LogP contribution in [0.1, 0.15) is 73.5 Å². The van der Waals surface area contributed by atoms with Crippen molar-refractivity contribution >= 4 is 50.0 Å². The molecule has 0 N–H and O–H groups in total. The fraction of sp³-hybridized carbons (Fsp3) is 0.279. The Morgan fingerprint density at radius 2 is 1.43 bits per heavy atom. The van der Waals surface area contributed by atoms with Crippen molar-refractivity contribution in [3.63, 3.8) is 0 Å². The van der Waals surface area contributed by atoms with Gasteiger partial charge in [0.25, 0.3) is 0 Å². The van der Waals surface area contributed by atoms with E-state index in [4.69, 9.17) is 9.57 Å². The number of ether oxygens (including phenoxy) is 1. The van der Waals surface area contributed by atoms with Gasteiger partial charge in [0.05, 0.1) is 0 Å². The number of carbonyl (C=O) groups is 2. The molecule has 6 aromatic rings. The van der Waals surface area contributed by atoms with Gasteiger partial charge in [-0.25, -0.2) is 13.6 Å². The molecule has 0 aliphatic heterocycles. The van der Waals surface area contributed by atoms with Gasteiger partial charge in [0.2, 0.25) is 0 Å². The molecule has 1 unspecified atom stereocenters. The van der Waals surface area contributed by atoms with Gasteiger partial charge in [-0.2, -0.15) is 8.78 Å². The van der Waals surface area contributed by atoms with Gasteiger partial charge >= 0.3 is 18.3 Å². The van der Waals surface area contributed by atoms with E-state index in [2.05, 4.69) is 23.6 Å². The highest BCUT2D eigenvalue weighted by Gasteiger charge is 2.42. The van der Waals surface area contributed by atoms with Crippen LogP contribution in [0.15, 0.2) is 108 Å². The summed E-state index contributed by atoms with van der Waals surface area (Å²) in [5, 5.41) is 7.51. The molecular weight excluding hydrogens is 684 g/mol. The Bertz CT molecular complexity index is 2310. The van der Waals surface area contributed by atoms with Gasteiger partial charge in [0.15, 0.2) is 12.4 Å². The average Bonchev–Trinajstić information content (AvgIpc) is 3.47. The SMILES string of the molecule is CCCCC(CC)Cn1c2ccc(C(=O)c3cccc4ccccc34)cc2c2cc(/C(=N/OC(C)=O)c3ccccc3OCC(F)(F)C(F)F)ccc21. The molecule has 6 nitrogen and oxygen atoms in total. The zero-order valence-electron chi connectivity index (χ0n) is 29.8. The zero-order chi connectivity index (χ0) is 37.7. The number of rotatable bonds is 15. The van der Waals surface area contributed by atoms with Crippen LogP contribution in [0.2, 0.25) is 0 Å². The lowest BCUT2D eigenvalue weighted by Gasteiger charge is -2.18. The number of nitrogens with zero attached hydrogens (tertiary/aromatic N) is 2. The van der Waals surface area contributed by atoms with Gasteiger partial charge in [-0.1, -0.05) is 98.9 Å². The Labute approximate surface area is 305 Å². The summed E-state index contributed by atoms with van der Waals surface area (Å²) in [6, 6.07) is 30.6. The average molecular weight is 725 g/mol. The molecule has 0 spiro atoms. The van der Waals surface area contributed by atoms with Crippen molar-refractivity contribution in [1.82, 2.24) is 4.57 Å². The maximum Gasteiger partial charge on any atom is 0.340 e. The van der Waals surface area contributed by atoms with E-state index in [9.17, 15) is 27.2 Å². The van der Waals surface area contributed by atoms with E-state index in [1.165, 1.54) is 25.1 Å². The molecule has 0 bridgehead atoms. The van der Waals surface area contributed by atoms with Crippen molar-refractivity contribution in [3.05, 3.63) is 125 Å². The molecule has 6 rings (SSSR count). The Morgan fingerprint density at radius 1 is 0.792 bits per heavy atom. The summed E-state index contributed by atoms with van der Waals surface area (Å²) < 4.78 is 61.4. The molecule has 1 heterocycles. The maximum absolute atomic E-state index is 14.1. The lowest BCUT2D eigenvalue weighted by molar-refractivity contribution is -0.148. The normalized spacial score (nSPS) is 12.9. The molecule has 274 valence electrons. The molecule has 0 aliphatic rings. The molecule has 53 heavy (non-hydrogen) atoms. The number of unbranched alkanes of at least 4 members (excludes halogenated alkanes) is 1. The van der Waals surface area contributed by atoms with Crippen LogP contribution in [0, 0.1) is 5.92 Å². The molecule has 10 heteroatoms. The van der Waals surface area contributed by atoms with Gasteiger partial charge in [-0.3, -0.25) is 4.79 Å². The third-order valence-electron chi connectivity index (χ3n) is 9.57. The largest absolute Gasteiger partial charge is 0.486 e. The molecule has 0 fully saturated rings. The van der Waals surface area contributed by atoms with Gasteiger partial charge in [0, 0.05) is 57.5 Å². The number of benzene rings is 5. The summed E-state index contributed by atoms with van der Waals surface area (Å²) in [6.07, 6.45) is 0.309. The number of aromatic nitrogens is 1. The molecule has 0 radical (unpaired) electrons. The number of hydrogen-bond donors (Lipinski definition) is 0. The number of oxime groups is 1. The second-order valence-corrected chi connectivity index (χ2v) is 13.2. The molecule has 0 saturated heterocycles. The van der Waals surface area contributed by atoms with Gasteiger partial charge in [-0.05, 0) is 65.6 Å². The second kappa shape index (κ2) is 16.0. The monoisotopic (exact) mass is 724 g/mol. The highest BCUT2D eigenvalue weighted by molar-refractivity contribution is 6.21. The van der Waals surface area contributed by atoms with Crippen LogP contribution in [0.5, 0.6) is 5.75 Å². The van der Waals surface area contributed by atoms with Gasteiger partial charge < -0.3 is 14.1 Å². The van der Waals surface area contributed by atoms with Crippen LogP contribution in [0.3, 0.4) is 0 Å². The summed E-state index contributed by atoms with van der Waals surface area (Å²) in [7, 11) is 0. The summed E-state index contributed by atoms with van der Waals surface area (Å²) in [5.74, 6) is -4.99. The zero-order valence-corrected chi connectivity index (χ0v) is 29.8. The fourth-order valence-corrected chi connectivity index (χ4v) is 6.74. The van der Waals surface area contributed by atoms with E-state index < -0.39 is 24.9 Å². The van der Waals surface area contributed by atoms with Gasteiger partial charge in [-0.15, -0.1) is 0 Å². The summed E-state index contributed by atoms with van der Waals surface area (Å²) in [5.41, 5.74) is 3.58. The third-order valence-corrected chi connectivity index (χ3v) is 9.57. The standard InChI is InChI=1S/C43H40F4N2O4/c1-4-6-12-28(5-2)25-49-37-21-19-30(40(48-53-27(3)50)34-16-9-10-18-39(34)52-26-43(46,47)42(44)45)23-35(37)36-24-31(20-22-38(36)49)41(51)33-17-11-14-29-13-7-8-15-32(29)33/h7-11,13-24,28,42H,4-6,12,25-26H2,1-3H3/b48-40-.